The molecule has 0 aliphatic carbocycles. The van der Waals surface area contributed by atoms with Crippen molar-refractivity contribution in [2.45, 2.75) is 52.6 Å². The molecule has 0 aliphatic heterocycles. The molecule has 0 spiro atoms. The highest BCUT2D eigenvalue weighted by molar-refractivity contribution is 9.10. The fraction of sp³-hybridized carbons (Fsp3) is 0.375. The lowest BCUT2D eigenvalue weighted by molar-refractivity contribution is 0.207. The van der Waals surface area contributed by atoms with Crippen LogP contribution < -0.4 is 15.0 Å². The average molecular weight is 486 g/mol. The Morgan fingerprint density at radius 2 is 1.97 bits per heavy atom. The van der Waals surface area contributed by atoms with Crippen molar-refractivity contribution >= 4 is 33.0 Å². The number of hydrogen-bond acceptors (Lipinski definition) is 5. The maximum atomic E-state index is 13.3. The third-order valence-corrected chi connectivity index (χ3v) is 5.82. The zero-order valence-corrected chi connectivity index (χ0v) is 20.1. The van der Waals surface area contributed by atoms with Gasteiger partial charge in [-0.2, -0.15) is 9.78 Å². The summed E-state index contributed by atoms with van der Waals surface area (Å²) in [7, 11) is 1.61. The van der Waals surface area contributed by atoms with Crippen molar-refractivity contribution in [1.29, 1.82) is 0 Å². The largest absolute Gasteiger partial charge is 0.493 e. The van der Waals surface area contributed by atoms with E-state index in [-0.39, 0.29) is 17.6 Å². The first-order valence-corrected chi connectivity index (χ1v) is 11.3. The van der Waals surface area contributed by atoms with Gasteiger partial charge >= 0.3 is 0 Å². The summed E-state index contributed by atoms with van der Waals surface area (Å²) < 4.78 is 13.8. The van der Waals surface area contributed by atoms with E-state index < -0.39 is 0 Å². The second-order valence-electron chi connectivity index (χ2n) is 7.52. The topological polar surface area (TPSA) is 65.7 Å². The van der Waals surface area contributed by atoms with Crippen LogP contribution in [0.3, 0.4) is 0 Å². The molecule has 3 aromatic rings. The summed E-state index contributed by atoms with van der Waals surface area (Å²) in [6.07, 6.45) is 3.35. The Labute approximate surface area is 191 Å². The smallest absolute Gasteiger partial charge is 0.282 e. The Kier molecular flexibility index (Phi) is 7.49. The van der Waals surface area contributed by atoms with Gasteiger partial charge in [-0.15, -0.1) is 0 Å². The molecule has 1 aromatic heterocycles. The minimum atomic E-state index is -0.204. The van der Waals surface area contributed by atoms with E-state index in [1.54, 1.807) is 19.4 Å². The molecule has 0 amide bonds. The summed E-state index contributed by atoms with van der Waals surface area (Å²) in [6.45, 7) is 8.17. The highest BCUT2D eigenvalue weighted by Gasteiger charge is 2.17. The molecule has 0 unspecified atom stereocenters. The lowest BCUT2D eigenvalue weighted by Gasteiger charge is -2.18. The van der Waals surface area contributed by atoms with Gasteiger partial charge in [0.2, 0.25) is 0 Å². The van der Waals surface area contributed by atoms with E-state index in [1.165, 1.54) is 4.68 Å². The van der Waals surface area contributed by atoms with Gasteiger partial charge in [0, 0.05) is 16.0 Å². The van der Waals surface area contributed by atoms with Crippen LogP contribution in [0.15, 0.2) is 50.8 Å². The molecule has 1 heterocycles. The SMILES string of the molecule is CC[C@H](C)Oc1c(C=Nn2c([C@@H](C)CC)nc3ccc(Br)cc3c2=O)cccc1OC. The van der Waals surface area contributed by atoms with Gasteiger partial charge in [0.1, 0.15) is 5.82 Å². The molecule has 31 heavy (non-hydrogen) atoms. The van der Waals surface area contributed by atoms with Crippen LogP contribution in [0, 0.1) is 0 Å². The molecule has 164 valence electrons. The number of methoxy groups -OCH3 is 1. The van der Waals surface area contributed by atoms with Gasteiger partial charge < -0.3 is 9.47 Å². The predicted molar refractivity (Wildman–Crippen MR) is 129 cm³/mol. The molecule has 0 saturated carbocycles. The lowest BCUT2D eigenvalue weighted by Crippen LogP contribution is -2.23. The second kappa shape index (κ2) is 10.1. The van der Waals surface area contributed by atoms with Gasteiger partial charge in [-0.3, -0.25) is 4.79 Å². The molecule has 0 aliphatic rings. The number of rotatable bonds is 8. The first kappa shape index (κ1) is 23.0. The van der Waals surface area contributed by atoms with Crippen molar-refractivity contribution in [2.24, 2.45) is 5.10 Å². The summed E-state index contributed by atoms with van der Waals surface area (Å²) in [6, 6.07) is 11.1. The van der Waals surface area contributed by atoms with Gasteiger partial charge in [0.15, 0.2) is 11.5 Å². The Morgan fingerprint density at radius 1 is 1.19 bits per heavy atom. The minimum absolute atomic E-state index is 0.0153. The number of benzene rings is 2. The number of nitrogens with zero attached hydrogens (tertiary/aromatic N) is 3. The van der Waals surface area contributed by atoms with Crippen LogP contribution in [-0.2, 0) is 0 Å². The maximum Gasteiger partial charge on any atom is 0.282 e. The van der Waals surface area contributed by atoms with E-state index in [2.05, 4.69) is 34.9 Å². The highest BCUT2D eigenvalue weighted by Crippen LogP contribution is 2.31. The number of para-hydroxylation sites is 1. The molecule has 0 bridgehead atoms. The molecular weight excluding hydrogens is 458 g/mol. The van der Waals surface area contributed by atoms with Crippen LogP contribution in [0.2, 0.25) is 0 Å². The molecule has 0 fully saturated rings. The number of halogens is 1. The summed E-state index contributed by atoms with van der Waals surface area (Å²) in [4.78, 5) is 18.1. The fourth-order valence-electron chi connectivity index (χ4n) is 3.10. The molecule has 0 radical (unpaired) electrons. The Bertz CT molecular complexity index is 1160. The zero-order chi connectivity index (χ0) is 22.5. The predicted octanol–water partition coefficient (Wildman–Crippen LogP) is 5.74. The van der Waals surface area contributed by atoms with Crippen molar-refractivity contribution in [1.82, 2.24) is 9.66 Å². The first-order chi connectivity index (χ1) is 14.9. The number of aromatic nitrogens is 2. The summed E-state index contributed by atoms with van der Waals surface area (Å²) in [5.74, 6) is 1.93. The van der Waals surface area contributed by atoms with Gasteiger partial charge in [-0.1, -0.05) is 42.8 Å². The zero-order valence-electron chi connectivity index (χ0n) is 18.6. The number of ether oxygens (including phenoxy) is 2. The van der Waals surface area contributed by atoms with E-state index in [9.17, 15) is 4.79 Å². The number of fused-ring (bicyclic) bond motifs is 1. The van der Waals surface area contributed by atoms with E-state index >= 15 is 0 Å². The van der Waals surface area contributed by atoms with Crippen LogP contribution in [0.5, 0.6) is 11.5 Å². The minimum Gasteiger partial charge on any atom is -0.493 e. The molecule has 6 nitrogen and oxygen atoms in total. The Balaban J connectivity index is 2.17. The van der Waals surface area contributed by atoms with E-state index in [0.717, 1.165) is 22.9 Å². The standard InChI is InChI=1S/C24H28BrN3O3/c1-6-15(3)23-27-20-12-11-18(25)13-19(20)24(29)28(23)26-14-17-9-8-10-21(30-5)22(17)31-16(4)7-2/h8-16H,6-7H2,1-5H3/t15-,16-/m0/s1. The molecule has 3 rings (SSSR count). The van der Waals surface area contributed by atoms with Gasteiger partial charge in [0.25, 0.3) is 5.56 Å². The van der Waals surface area contributed by atoms with E-state index in [0.29, 0.717) is 28.2 Å². The van der Waals surface area contributed by atoms with E-state index in [1.807, 2.05) is 44.2 Å². The fourth-order valence-corrected chi connectivity index (χ4v) is 3.47. The molecule has 0 saturated heterocycles. The monoisotopic (exact) mass is 485 g/mol. The molecule has 7 heteroatoms. The van der Waals surface area contributed by atoms with Crippen LogP contribution in [0.25, 0.3) is 10.9 Å². The summed E-state index contributed by atoms with van der Waals surface area (Å²) in [5.41, 5.74) is 1.19. The molecular formula is C24H28BrN3O3. The summed E-state index contributed by atoms with van der Waals surface area (Å²) in [5, 5.41) is 5.07. The van der Waals surface area contributed by atoms with Crippen LogP contribution in [0.1, 0.15) is 57.8 Å². The highest BCUT2D eigenvalue weighted by atomic mass is 79.9. The van der Waals surface area contributed by atoms with Crippen molar-refractivity contribution in [3.63, 3.8) is 0 Å². The third kappa shape index (κ3) is 4.98. The third-order valence-electron chi connectivity index (χ3n) is 5.32. The quantitative estimate of drug-likeness (QED) is 0.381. The van der Waals surface area contributed by atoms with Crippen LogP contribution in [0.4, 0.5) is 0 Å². The second-order valence-corrected chi connectivity index (χ2v) is 8.43. The number of hydrogen-bond donors (Lipinski definition) is 0. The normalized spacial score (nSPS) is 13.5. The van der Waals surface area contributed by atoms with Gasteiger partial charge in [-0.25, -0.2) is 4.98 Å². The first-order valence-electron chi connectivity index (χ1n) is 10.5. The molecule has 0 N–H and O–H groups in total. The van der Waals surface area contributed by atoms with Crippen molar-refractivity contribution in [3.05, 3.63) is 62.6 Å². The molecule has 2 atom stereocenters. The van der Waals surface area contributed by atoms with Crippen molar-refractivity contribution in [3.8, 4) is 11.5 Å². The summed E-state index contributed by atoms with van der Waals surface area (Å²) >= 11 is 3.44. The van der Waals surface area contributed by atoms with Gasteiger partial charge in [0.05, 0.1) is 30.3 Å². The van der Waals surface area contributed by atoms with Crippen LogP contribution in [-0.4, -0.2) is 29.1 Å². The maximum absolute atomic E-state index is 13.3. The van der Waals surface area contributed by atoms with E-state index in [4.69, 9.17) is 14.5 Å². The van der Waals surface area contributed by atoms with Gasteiger partial charge in [-0.05, 0) is 50.1 Å². The van der Waals surface area contributed by atoms with Crippen molar-refractivity contribution < 1.29 is 9.47 Å². The van der Waals surface area contributed by atoms with Crippen molar-refractivity contribution in [2.75, 3.05) is 7.11 Å². The Morgan fingerprint density at radius 3 is 2.65 bits per heavy atom. The van der Waals surface area contributed by atoms with Crippen LogP contribution >= 0.6 is 15.9 Å². The lowest BCUT2D eigenvalue weighted by atomic mass is 10.1. The average Bonchev–Trinajstić information content (AvgIpc) is 2.78. The Hall–Kier alpha value is -2.67. The molecule has 2 aromatic carbocycles.